The van der Waals surface area contributed by atoms with Crippen LogP contribution in [0.4, 0.5) is 10.5 Å². The molecule has 4 rings (SSSR count). The molecule has 1 heterocycles. The molecule has 59 heavy (non-hydrogen) atoms. The zero-order chi connectivity index (χ0) is 42.7. The number of amides is 4. The van der Waals surface area contributed by atoms with E-state index in [-0.39, 0.29) is 37.1 Å². The molecule has 1 aliphatic heterocycles. The van der Waals surface area contributed by atoms with Crippen LogP contribution in [0.15, 0.2) is 72.8 Å². The van der Waals surface area contributed by atoms with E-state index in [1.807, 2.05) is 107 Å². The number of rotatable bonds is 23. The number of hydrogen-bond donors (Lipinski definition) is 4. The van der Waals surface area contributed by atoms with Crippen molar-refractivity contribution in [3.8, 4) is 0 Å². The van der Waals surface area contributed by atoms with E-state index in [4.69, 9.17) is 14.2 Å². The van der Waals surface area contributed by atoms with Crippen molar-refractivity contribution in [2.24, 2.45) is 17.8 Å². The Balaban J connectivity index is 1.61. The summed E-state index contributed by atoms with van der Waals surface area (Å²) < 4.78 is 17.2. The molecule has 3 aromatic rings. The van der Waals surface area contributed by atoms with Crippen LogP contribution in [0.1, 0.15) is 105 Å². The van der Waals surface area contributed by atoms with Crippen molar-refractivity contribution >= 4 is 40.3 Å². The molecule has 0 aliphatic carbocycles. The Kier molecular flexibility index (Phi) is 19.6. The number of unbranched alkanes of at least 4 members (excludes halogenated alkanes) is 1. The number of hydrogen-bond acceptors (Lipinski definition) is 8. The summed E-state index contributed by atoms with van der Waals surface area (Å²) in [6, 6.07) is 19.7. The maximum atomic E-state index is 14.8. The molecule has 1 fully saturated rings. The second-order valence-electron chi connectivity index (χ2n) is 16.6. The Morgan fingerprint density at radius 3 is 2.27 bits per heavy atom. The lowest BCUT2D eigenvalue weighted by molar-refractivity contribution is -0.165. The number of alkyl carbamates (subject to hydrolysis) is 1. The Bertz CT molecular complexity index is 1740. The standard InChI is InChI=1S/C47H68N4O8/c1-7-8-22-41(45(54)50-39(28-32(2)3)42(52)29-37(44(53)48-30-33(4)5)25-27-58-43-24-14-15-26-57-43)51(40-23-16-20-36-19-12-13-21-38(36)40)46(55)34(6)49-47(56)59-31-35-17-10-9-11-18-35/h9-13,16-21,23,32-34,37,39,41-43,52H,7-8,14-15,22,24-31H2,1-6H3,(H,48,53)(H,49,56)(H,50,54)/t34-,37?,39-,41-,42-,43?/m0/s1. The molecule has 12 nitrogen and oxygen atoms in total. The monoisotopic (exact) mass is 817 g/mol. The summed E-state index contributed by atoms with van der Waals surface area (Å²) in [5.74, 6) is -1.32. The van der Waals surface area contributed by atoms with Crippen molar-refractivity contribution in [1.82, 2.24) is 16.0 Å². The first kappa shape index (κ1) is 47.2. The van der Waals surface area contributed by atoms with Crippen LogP contribution in [-0.4, -0.2) is 79.2 Å². The first-order valence-corrected chi connectivity index (χ1v) is 21.6. The molecular weight excluding hydrogens is 749 g/mol. The summed E-state index contributed by atoms with van der Waals surface area (Å²) in [4.78, 5) is 57.6. The first-order chi connectivity index (χ1) is 28.4. The van der Waals surface area contributed by atoms with Crippen molar-refractivity contribution in [1.29, 1.82) is 0 Å². The minimum atomic E-state index is -1.07. The Hall–Kier alpha value is -4.52. The van der Waals surface area contributed by atoms with E-state index in [2.05, 4.69) is 16.0 Å². The van der Waals surface area contributed by atoms with Gasteiger partial charge >= 0.3 is 6.09 Å². The number of aliphatic hydroxyl groups excluding tert-OH is 1. The zero-order valence-electron chi connectivity index (χ0n) is 36.0. The molecular formula is C47H68N4O8. The Morgan fingerprint density at radius 1 is 0.847 bits per heavy atom. The van der Waals surface area contributed by atoms with Gasteiger partial charge in [-0.2, -0.15) is 0 Å². The summed E-state index contributed by atoms with van der Waals surface area (Å²) >= 11 is 0. The van der Waals surface area contributed by atoms with Crippen molar-refractivity contribution in [3.63, 3.8) is 0 Å². The van der Waals surface area contributed by atoms with Gasteiger partial charge in [0.15, 0.2) is 6.29 Å². The van der Waals surface area contributed by atoms with E-state index in [0.717, 1.165) is 42.0 Å². The smallest absolute Gasteiger partial charge is 0.408 e. The third kappa shape index (κ3) is 15.2. The third-order valence-corrected chi connectivity index (χ3v) is 10.6. The van der Waals surface area contributed by atoms with E-state index in [0.29, 0.717) is 51.1 Å². The summed E-state index contributed by atoms with van der Waals surface area (Å²) in [7, 11) is 0. The number of nitrogens with zero attached hydrogens (tertiary/aromatic N) is 1. The van der Waals surface area contributed by atoms with Crippen LogP contribution in [-0.2, 0) is 35.2 Å². The topological polar surface area (TPSA) is 156 Å². The van der Waals surface area contributed by atoms with Gasteiger partial charge < -0.3 is 35.3 Å². The molecule has 3 aromatic carbocycles. The van der Waals surface area contributed by atoms with E-state index < -0.39 is 48.1 Å². The Labute approximate surface area is 351 Å². The quantitative estimate of drug-likeness (QED) is 0.0761. The number of aliphatic hydroxyl groups is 1. The van der Waals surface area contributed by atoms with Gasteiger partial charge in [0.25, 0.3) is 0 Å². The average molecular weight is 817 g/mol. The molecule has 1 aliphatic rings. The first-order valence-electron chi connectivity index (χ1n) is 21.6. The van der Waals surface area contributed by atoms with Crippen molar-refractivity contribution in [3.05, 3.63) is 78.4 Å². The van der Waals surface area contributed by atoms with Gasteiger partial charge in [-0.1, -0.05) is 114 Å². The molecule has 2 unspecified atom stereocenters. The van der Waals surface area contributed by atoms with Gasteiger partial charge in [0, 0.05) is 24.5 Å². The fraction of sp³-hybridized carbons (Fsp3) is 0.574. The van der Waals surface area contributed by atoms with Gasteiger partial charge in [0.2, 0.25) is 17.7 Å². The van der Waals surface area contributed by atoms with Crippen LogP contribution in [0.3, 0.4) is 0 Å². The molecule has 1 saturated heterocycles. The normalized spacial score (nSPS) is 16.8. The second-order valence-corrected chi connectivity index (χ2v) is 16.6. The average Bonchev–Trinajstić information content (AvgIpc) is 3.23. The van der Waals surface area contributed by atoms with Gasteiger partial charge in [0.1, 0.15) is 18.7 Å². The maximum absolute atomic E-state index is 14.8. The summed E-state index contributed by atoms with van der Waals surface area (Å²) in [5, 5.41) is 22.5. The van der Waals surface area contributed by atoms with E-state index in [9.17, 15) is 24.3 Å². The number of nitrogens with one attached hydrogen (secondary N) is 3. The summed E-state index contributed by atoms with van der Waals surface area (Å²) in [6.07, 6.45) is 3.35. The molecule has 0 bridgehead atoms. The van der Waals surface area contributed by atoms with Crippen LogP contribution in [0, 0.1) is 17.8 Å². The van der Waals surface area contributed by atoms with Gasteiger partial charge in [0.05, 0.1) is 24.4 Å². The number of fused-ring (bicyclic) bond motifs is 1. The number of carbonyl (C=O) groups is 4. The maximum Gasteiger partial charge on any atom is 0.408 e. The number of carbonyl (C=O) groups excluding carboxylic acids is 4. The van der Waals surface area contributed by atoms with Crippen molar-refractivity contribution < 1.29 is 38.5 Å². The second kappa shape index (κ2) is 24.5. The Morgan fingerprint density at radius 2 is 1.58 bits per heavy atom. The highest BCUT2D eigenvalue weighted by atomic mass is 16.7. The van der Waals surface area contributed by atoms with Gasteiger partial charge in [-0.3, -0.25) is 19.3 Å². The molecule has 6 atom stereocenters. The molecule has 0 aromatic heterocycles. The van der Waals surface area contributed by atoms with Crippen LogP contribution < -0.4 is 20.9 Å². The van der Waals surface area contributed by atoms with Crippen molar-refractivity contribution in [2.75, 3.05) is 24.7 Å². The summed E-state index contributed by atoms with van der Waals surface area (Å²) in [5.41, 5.74) is 1.33. The largest absolute Gasteiger partial charge is 0.445 e. The fourth-order valence-corrected chi connectivity index (χ4v) is 7.39. The number of benzene rings is 3. The van der Waals surface area contributed by atoms with E-state index >= 15 is 0 Å². The lowest BCUT2D eigenvalue weighted by Crippen LogP contribution is -2.58. The molecule has 0 radical (unpaired) electrons. The minimum Gasteiger partial charge on any atom is -0.445 e. The minimum absolute atomic E-state index is 0.0317. The van der Waals surface area contributed by atoms with E-state index in [1.165, 1.54) is 4.90 Å². The lowest BCUT2D eigenvalue weighted by atomic mass is 9.89. The van der Waals surface area contributed by atoms with Gasteiger partial charge in [-0.25, -0.2) is 4.79 Å². The fourth-order valence-electron chi connectivity index (χ4n) is 7.39. The van der Waals surface area contributed by atoms with E-state index in [1.54, 1.807) is 6.92 Å². The predicted octanol–water partition coefficient (Wildman–Crippen LogP) is 7.65. The van der Waals surface area contributed by atoms with Crippen LogP contribution >= 0.6 is 0 Å². The molecule has 4 N–H and O–H groups in total. The van der Waals surface area contributed by atoms with Crippen LogP contribution in [0.5, 0.6) is 0 Å². The highest BCUT2D eigenvalue weighted by molar-refractivity contribution is 6.09. The van der Waals surface area contributed by atoms with Gasteiger partial charge in [-0.05, 0) is 80.7 Å². The molecule has 12 heteroatoms. The lowest BCUT2D eigenvalue weighted by Gasteiger charge is -2.36. The SMILES string of the molecule is CCCC[C@@H](C(=O)N[C@@H](CC(C)C)[C@@H](O)CC(CCOC1CCCCO1)C(=O)NCC(C)C)N(C(=O)[C@H](C)NC(=O)OCc1ccccc1)c1cccc2ccccc12. The zero-order valence-corrected chi connectivity index (χ0v) is 36.0. The van der Waals surface area contributed by atoms with Crippen molar-refractivity contribution in [2.45, 2.75) is 136 Å². The van der Waals surface area contributed by atoms with Gasteiger partial charge in [-0.15, -0.1) is 0 Å². The predicted molar refractivity (Wildman–Crippen MR) is 231 cm³/mol. The molecule has 0 saturated carbocycles. The third-order valence-electron chi connectivity index (χ3n) is 10.6. The molecule has 4 amide bonds. The number of ether oxygens (including phenoxy) is 3. The molecule has 0 spiro atoms. The number of anilines is 1. The van der Waals surface area contributed by atoms with Crippen LogP contribution in [0.25, 0.3) is 10.8 Å². The highest BCUT2D eigenvalue weighted by Crippen LogP contribution is 2.31. The van der Waals surface area contributed by atoms with Crippen LogP contribution in [0.2, 0.25) is 0 Å². The highest BCUT2D eigenvalue weighted by Gasteiger charge is 2.37. The molecule has 324 valence electrons. The summed E-state index contributed by atoms with van der Waals surface area (Å²) in [6.45, 7) is 13.2.